The van der Waals surface area contributed by atoms with Crippen molar-refractivity contribution in [1.29, 1.82) is 0 Å². The monoisotopic (exact) mass is 301 g/mol. The van der Waals surface area contributed by atoms with E-state index in [4.69, 9.17) is 17.3 Å². The first-order valence-corrected chi connectivity index (χ1v) is 6.32. The third-order valence-electron chi connectivity index (χ3n) is 2.98. The molecular weight excluding hydrogens is 288 g/mol. The molecule has 1 atom stereocenters. The van der Waals surface area contributed by atoms with Crippen molar-refractivity contribution in [3.05, 3.63) is 40.5 Å². The quantitative estimate of drug-likeness (QED) is 0.938. The second kappa shape index (κ2) is 5.66. The number of aryl methyl sites for hydroxylation is 1. The summed E-state index contributed by atoms with van der Waals surface area (Å²) in [5.74, 6) is 0.440. The number of ether oxygens (including phenoxy) is 1. The maximum atomic E-state index is 12.2. The standard InChI is InChI=1S/C13H14ClF2N3O/c1-7-11(14)12(17)19(18-7)8(2)9-4-3-5-10(6-9)20-13(15)16/h3-6,8,13H,17H2,1-2H3. The lowest BCUT2D eigenvalue weighted by Crippen LogP contribution is -2.12. The molecule has 0 fully saturated rings. The van der Waals surface area contributed by atoms with Crippen LogP contribution in [0.5, 0.6) is 5.75 Å². The van der Waals surface area contributed by atoms with Crippen molar-refractivity contribution in [2.45, 2.75) is 26.5 Å². The molecule has 1 aromatic heterocycles. The summed E-state index contributed by atoms with van der Waals surface area (Å²) in [5, 5.41) is 4.65. The van der Waals surface area contributed by atoms with Gasteiger partial charge in [0.25, 0.3) is 0 Å². The number of hydrogen-bond donors (Lipinski definition) is 1. The molecule has 108 valence electrons. The van der Waals surface area contributed by atoms with Gasteiger partial charge < -0.3 is 10.5 Å². The van der Waals surface area contributed by atoms with E-state index in [1.165, 1.54) is 12.1 Å². The summed E-state index contributed by atoms with van der Waals surface area (Å²) in [5.41, 5.74) is 7.24. The predicted octanol–water partition coefficient (Wildman–Crippen LogP) is 3.64. The molecule has 0 aliphatic carbocycles. The molecule has 4 nitrogen and oxygen atoms in total. The van der Waals surface area contributed by atoms with Gasteiger partial charge in [-0.1, -0.05) is 23.7 Å². The molecule has 1 aromatic carbocycles. The number of nitrogens with zero attached hydrogens (tertiary/aromatic N) is 2. The molecule has 0 radical (unpaired) electrons. The average Bonchev–Trinajstić information content (AvgIpc) is 2.65. The van der Waals surface area contributed by atoms with E-state index in [9.17, 15) is 8.78 Å². The molecule has 0 aliphatic heterocycles. The van der Waals surface area contributed by atoms with Gasteiger partial charge >= 0.3 is 6.61 Å². The van der Waals surface area contributed by atoms with Crippen LogP contribution in [-0.2, 0) is 0 Å². The number of hydrogen-bond acceptors (Lipinski definition) is 3. The summed E-state index contributed by atoms with van der Waals surface area (Å²) in [6.07, 6.45) is 0. The molecule has 2 N–H and O–H groups in total. The molecule has 2 rings (SSSR count). The van der Waals surface area contributed by atoms with Crippen LogP contribution in [-0.4, -0.2) is 16.4 Å². The second-order valence-electron chi connectivity index (χ2n) is 4.36. The number of halogens is 3. The SMILES string of the molecule is Cc1nn(C(C)c2cccc(OC(F)F)c2)c(N)c1Cl. The van der Waals surface area contributed by atoms with E-state index in [1.807, 2.05) is 6.92 Å². The molecule has 0 aliphatic rings. The van der Waals surface area contributed by atoms with Gasteiger partial charge in [0.1, 0.15) is 16.6 Å². The molecule has 0 spiro atoms. The van der Waals surface area contributed by atoms with E-state index in [0.717, 1.165) is 5.56 Å². The van der Waals surface area contributed by atoms with Crippen LogP contribution in [0.1, 0.15) is 24.2 Å². The Morgan fingerprint density at radius 1 is 1.40 bits per heavy atom. The minimum atomic E-state index is -2.85. The normalized spacial score (nSPS) is 12.7. The van der Waals surface area contributed by atoms with Gasteiger partial charge in [-0.3, -0.25) is 0 Å². The molecule has 1 heterocycles. The van der Waals surface area contributed by atoms with Crippen LogP contribution in [0.25, 0.3) is 0 Å². The van der Waals surface area contributed by atoms with Crippen molar-refractivity contribution >= 4 is 17.4 Å². The lowest BCUT2D eigenvalue weighted by molar-refractivity contribution is -0.0499. The van der Waals surface area contributed by atoms with E-state index in [2.05, 4.69) is 9.84 Å². The number of anilines is 1. The maximum absolute atomic E-state index is 12.2. The third-order valence-corrected chi connectivity index (χ3v) is 3.45. The highest BCUT2D eigenvalue weighted by molar-refractivity contribution is 6.33. The Morgan fingerprint density at radius 2 is 2.10 bits per heavy atom. The van der Waals surface area contributed by atoms with E-state index < -0.39 is 6.61 Å². The van der Waals surface area contributed by atoms with Crippen LogP contribution in [0.3, 0.4) is 0 Å². The van der Waals surface area contributed by atoms with Gasteiger partial charge in [0.2, 0.25) is 0 Å². The van der Waals surface area contributed by atoms with Crippen molar-refractivity contribution in [3.63, 3.8) is 0 Å². The van der Waals surface area contributed by atoms with Crippen LogP contribution < -0.4 is 10.5 Å². The largest absolute Gasteiger partial charge is 0.435 e. The smallest absolute Gasteiger partial charge is 0.387 e. The first kappa shape index (κ1) is 14.6. The van der Waals surface area contributed by atoms with Gasteiger partial charge in [-0.25, -0.2) is 4.68 Å². The molecule has 0 amide bonds. The summed E-state index contributed by atoms with van der Waals surface area (Å²) in [6, 6.07) is 6.17. The fourth-order valence-electron chi connectivity index (χ4n) is 1.93. The number of benzene rings is 1. The lowest BCUT2D eigenvalue weighted by Gasteiger charge is -2.15. The topological polar surface area (TPSA) is 53.1 Å². The zero-order valence-corrected chi connectivity index (χ0v) is 11.7. The van der Waals surface area contributed by atoms with Crippen LogP contribution in [0, 0.1) is 6.92 Å². The molecule has 0 saturated carbocycles. The Bertz CT molecular complexity index is 616. The number of nitrogens with two attached hydrogens (primary N) is 1. The Hall–Kier alpha value is -1.82. The van der Waals surface area contributed by atoms with Crippen LogP contribution >= 0.6 is 11.6 Å². The van der Waals surface area contributed by atoms with Gasteiger partial charge in [-0.2, -0.15) is 13.9 Å². The highest BCUT2D eigenvalue weighted by Crippen LogP contribution is 2.29. The number of nitrogen functional groups attached to an aromatic ring is 1. The predicted molar refractivity (Wildman–Crippen MR) is 73.3 cm³/mol. The molecule has 0 saturated heterocycles. The summed E-state index contributed by atoms with van der Waals surface area (Å²) in [7, 11) is 0. The average molecular weight is 302 g/mol. The Kier molecular flexibility index (Phi) is 4.13. The zero-order valence-electron chi connectivity index (χ0n) is 11.0. The fraction of sp³-hybridized carbons (Fsp3) is 0.308. The first-order valence-electron chi connectivity index (χ1n) is 5.95. The number of rotatable bonds is 4. The number of alkyl halides is 2. The highest BCUT2D eigenvalue weighted by atomic mass is 35.5. The van der Waals surface area contributed by atoms with Crippen molar-refractivity contribution in [1.82, 2.24) is 9.78 Å². The van der Waals surface area contributed by atoms with Gasteiger partial charge in [0, 0.05) is 0 Å². The summed E-state index contributed by atoms with van der Waals surface area (Å²) in [6.45, 7) is 0.741. The van der Waals surface area contributed by atoms with Crippen LogP contribution in [0.15, 0.2) is 24.3 Å². The van der Waals surface area contributed by atoms with Crippen LogP contribution in [0.2, 0.25) is 5.02 Å². The molecule has 7 heteroatoms. The number of aromatic nitrogens is 2. The van der Waals surface area contributed by atoms with E-state index >= 15 is 0 Å². The molecule has 1 unspecified atom stereocenters. The molecule has 20 heavy (non-hydrogen) atoms. The minimum Gasteiger partial charge on any atom is -0.435 e. The zero-order chi connectivity index (χ0) is 14.9. The van der Waals surface area contributed by atoms with Crippen molar-refractivity contribution in [2.24, 2.45) is 0 Å². The van der Waals surface area contributed by atoms with Crippen LogP contribution in [0.4, 0.5) is 14.6 Å². The fourth-order valence-corrected chi connectivity index (χ4v) is 2.06. The highest BCUT2D eigenvalue weighted by Gasteiger charge is 2.17. The van der Waals surface area contributed by atoms with E-state index in [0.29, 0.717) is 16.5 Å². The molecule has 0 bridgehead atoms. The Morgan fingerprint density at radius 3 is 2.65 bits per heavy atom. The summed E-state index contributed by atoms with van der Waals surface area (Å²) >= 11 is 6.00. The van der Waals surface area contributed by atoms with E-state index in [-0.39, 0.29) is 11.8 Å². The minimum absolute atomic E-state index is 0.0953. The summed E-state index contributed by atoms with van der Waals surface area (Å²) in [4.78, 5) is 0. The van der Waals surface area contributed by atoms with Gasteiger partial charge in [0.05, 0.1) is 11.7 Å². The lowest BCUT2D eigenvalue weighted by atomic mass is 10.1. The van der Waals surface area contributed by atoms with Gasteiger partial charge in [-0.05, 0) is 31.5 Å². The molecular formula is C13H14ClF2N3O. The summed E-state index contributed by atoms with van der Waals surface area (Å²) < 4.78 is 30.4. The van der Waals surface area contributed by atoms with Crippen molar-refractivity contribution < 1.29 is 13.5 Å². The van der Waals surface area contributed by atoms with Crippen molar-refractivity contribution in [3.8, 4) is 5.75 Å². The first-order chi connectivity index (χ1) is 9.40. The maximum Gasteiger partial charge on any atom is 0.387 e. The third kappa shape index (κ3) is 2.85. The Balaban J connectivity index is 2.33. The van der Waals surface area contributed by atoms with Crippen molar-refractivity contribution in [2.75, 3.05) is 5.73 Å². The second-order valence-corrected chi connectivity index (χ2v) is 4.73. The van der Waals surface area contributed by atoms with Gasteiger partial charge in [0.15, 0.2) is 0 Å². The van der Waals surface area contributed by atoms with Gasteiger partial charge in [-0.15, -0.1) is 0 Å². The van der Waals surface area contributed by atoms with E-state index in [1.54, 1.807) is 23.7 Å². The molecule has 2 aromatic rings. The Labute approximate surface area is 120 Å².